The van der Waals surface area contributed by atoms with Crippen LogP contribution in [0.3, 0.4) is 0 Å². The molecule has 2 N–H and O–H groups in total. The van der Waals surface area contributed by atoms with E-state index in [4.69, 9.17) is 0 Å². The average molecular weight is 562 g/mol. The predicted octanol–water partition coefficient (Wildman–Crippen LogP) is 3.78. The number of aliphatic imine (C=N–C) groups is 1. The molecule has 1 aliphatic rings. The standard InChI is InChI=1S/C19H29F3N4O2S.HI/c1-3-23-18(26-15-6-5-7-16(11-15)29(27)4-2)25-12-14-8-9-24-17(10-14)28-13-19(20,21)22;/h8-10,15-16H,3-7,11-13H2,1-2H3,(H2,23,25,26);1H. The first-order valence-electron chi connectivity index (χ1n) is 9.87. The van der Waals surface area contributed by atoms with Gasteiger partial charge in [-0.05, 0) is 37.8 Å². The van der Waals surface area contributed by atoms with Gasteiger partial charge < -0.3 is 15.4 Å². The Kier molecular flexibility index (Phi) is 12.0. The average Bonchev–Trinajstić information content (AvgIpc) is 2.70. The van der Waals surface area contributed by atoms with Gasteiger partial charge in [0, 0.05) is 46.7 Å². The highest BCUT2D eigenvalue weighted by atomic mass is 127. The van der Waals surface area contributed by atoms with Crippen molar-refractivity contribution in [2.75, 3.05) is 18.9 Å². The zero-order valence-electron chi connectivity index (χ0n) is 17.2. The van der Waals surface area contributed by atoms with Gasteiger partial charge in [-0.3, -0.25) is 4.21 Å². The monoisotopic (exact) mass is 562 g/mol. The maximum Gasteiger partial charge on any atom is 0.422 e. The van der Waals surface area contributed by atoms with Gasteiger partial charge in [0.2, 0.25) is 5.88 Å². The molecular formula is C19H30F3IN4O2S. The fourth-order valence-electron chi connectivity index (χ4n) is 3.22. The van der Waals surface area contributed by atoms with Crippen LogP contribution in [-0.2, 0) is 17.3 Å². The van der Waals surface area contributed by atoms with Crippen LogP contribution >= 0.6 is 24.0 Å². The summed E-state index contributed by atoms with van der Waals surface area (Å²) >= 11 is 0. The molecule has 0 radical (unpaired) electrons. The number of pyridine rings is 1. The van der Waals surface area contributed by atoms with Gasteiger partial charge in [-0.2, -0.15) is 13.2 Å². The highest BCUT2D eigenvalue weighted by Crippen LogP contribution is 2.23. The van der Waals surface area contributed by atoms with Gasteiger partial charge in [0.15, 0.2) is 12.6 Å². The fraction of sp³-hybridized carbons (Fsp3) is 0.684. The van der Waals surface area contributed by atoms with Crippen LogP contribution in [0.15, 0.2) is 23.3 Å². The Hall–Kier alpha value is -1.11. The van der Waals surface area contributed by atoms with Crippen molar-refractivity contribution < 1.29 is 22.1 Å². The second-order valence-corrected chi connectivity index (χ2v) is 8.91. The third-order valence-corrected chi connectivity index (χ3v) is 6.31. The quantitative estimate of drug-likeness (QED) is 0.287. The molecule has 1 saturated carbocycles. The third-order valence-electron chi connectivity index (χ3n) is 4.57. The summed E-state index contributed by atoms with van der Waals surface area (Å²) < 4.78 is 53.7. The molecule has 0 aliphatic heterocycles. The zero-order chi connectivity index (χ0) is 21.3. The van der Waals surface area contributed by atoms with Crippen LogP contribution in [0.25, 0.3) is 0 Å². The second kappa shape index (κ2) is 13.3. The summed E-state index contributed by atoms with van der Waals surface area (Å²) in [5, 5.41) is 6.80. The van der Waals surface area contributed by atoms with Crippen LogP contribution in [0.2, 0.25) is 0 Å². The van der Waals surface area contributed by atoms with E-state index in [-0.39, 0.29) is 47.7 Å². The highest BCUT2D eigenvalue weighted by molar-refractivity contribution is 14.0. The summed E-state index contributed by atoms with van der Waals surface area (Å²) in [7, 11) is -0.799. The Morgan fingerprint density at radius 3 is 2.80 bits per heavy atom. The molecule has 0 saturated heterocycles. The van der Waals surface area contributed by atoms with Gasteiger partial charge in [-0.1, -0.05) is 13.3 Å². The van der Waals surface area contributed by atoms with Crippen molar-refractivity contribution in [2.45, 2.75) is 63.5 Å². The molecule has 0 amide bonds. The lowest BCUT2D eigenvalue weighted by atomic mass is 9.95. The number of hydrogen-bond acceptors (Lipinski definition) is 4. The molecule has 0 spiro atoms. The number of ether oxygens (including phenoxy) is 1. The summed E-state index contributed by atoms with van der Waals surface area (Å²) in [5.41, 5.74) is 0.697. The second-order valence-electron chi connectivity index (χ2n) is 6.90. The van der Waals surface area contributed by atoms with Crippen molar-refractivity contribution in [2.24, 2.45) is 4.99 Å². The zero-order valence-corrected chi connectivity index (χ0v) is 20.4. The van der Waals surface area contributed by atoms with E-state index >= 15 is 0 Å². The molecule has 1 aliphatic carbocycles. The van der Waals surface area contributed by atoms with Crippen LogP contribution in [0, 0.1) is 0 Å². The lowest BCUT2D eigenvalue weighted by Gasteiger charge is -2.30. The van der Waals surface area contributed by atoms with Gasteiger partial charge in [0.1, 0.15) is 0 Å². The SMILES string of the molecule is CCNC(=NCc1ccnc(OCC(F)(F)F)c1)NC1CCCC(S(=O)CC)C1.I. The lowest BCUT2D eigenvalue weighted by Crippen LogP contribution is -2.46. The fourth-order valence-corrected chi connectivity index (χ4v) is 4.57. The number of aromatic nitrogens is 1. The Bertz CT molecular complexity index is 707. The Morgan fingerprint density at radius 2 is 2.13 bits per heavy atom. The lowest BCUT2D eigenvalue weighted by molar-refractivity contribution is -0.154. The van der Waals surface area contributed by atoms with Gasteiger partial charge in [0.25, 0.3) is 0 Å². The van der Waals surface area contributed by atoms with Crippen molar-refractivity contribution >= 4 is 40.7 Å². The molecule has 0 bridgehead atoms. The summed E-state index contributed by atoms with van der Waals surface area (Å²) in [4.78, 5) is 8.33. The first-order chi connectivity index (χ1) is 13.8. The Balaban J connectivity index is 0.00000450. The minimum Gasteiger partial charge on any atom is -0.468 e. The van der Waals surface area contributed by atoms with Crippen LogP contribution in [0.4, 0.5) is 13.2 Å². The number of rotatable bonds is 8. The molecule has 6 nitrogen and oxygen atoms in total. The molecule has 172 valence electrons. The normalized spacial score (nSPS) is 20.8. The molecule has 11 heteroatoms. The molecule has 3 atom stereocenters. The van der Waals surface area contributed by atoms with E-state index in [1.165, 1.54) is 12.3 Å². The van der Waals surface area contributed by atoms with Crippen molar-refractivity contribution in [1.29, 1.82) is 0 Å². The maximum atomic E-state index is 12.3. The molecule has 1 fully saturated rings. The molecule has 2 rings (SSSR count). The first kappa shape index (κ1) is 26.9. The number of nitrogens with zero attached hydrogens (tertiary/aromatic N) is 2. The largest absolute Gasteiger partial charge is 0.468 e. The van der Waals surface area contributed by atoms with E-state index in [1.54, 1.807) is 6.07 Å². The first-order valence-corrected chi connectivity index (χ1v) is 11.3. The Morgan fingerprint density at radius 1 is 1.37 bits per heavy atom. The molecule has 30 heavy (non-hydrogen) atoms. The summed E-state index contributed by atoms with van der Waals surface area (Å²) in [6.07, 6.45) is 0.851. The highest BCUT2D eigenvalue weighted by Gasteiger charge is 2.28. The molecular weight excluding hydrogens is 532 g/mol. The topological polar surface area (TPSA) is 75.6 Å². The van der Waals surface area contributed by atoms with Crippen LogP contribution < -0.4 is 15.4 Å². The number of alkyl halides is 3. The molecule has 1 heterocycles. The molecule has 0 aromatic carbocycles. The number of nitrogens with one attached hydrogen (secondary N) is 2. The smallest absolute Gasteiger partial charge is 0.422 e. The van der Waals surface area contributed by atoms with Crippen molar-refractivity contribution in [1.82, 2.24) is 15.6 Å². The predicted molar refractivity (Wildman–Crippen MR) is 124 cm³/mol. The number of halogens is 4. The minimum atomic E-state index is -4.41. The van der Waals surface area contributed by atoms with Gasteiger partial charge in [-0.25, -0.2) is 9.98 Å². The van der Waals surface area contributed by atoms with Crippen LogP contribution in [0.1, 0.15) is 45.1 Å². The van der Waals surface area contributed by atoms with Crippen LogP contribution in [-0.4, -0.2) is 51.5 Å². The summed E-state index contributed by atoms with van der Waals surface area (Å²) in [5.74, 6) is 1.23. The molecule has 1 aromatic heterocycles. The third kappa shape index (κ3) is 9.80. The van der Waals surface area contributed by atoms with E-state index in [0.29, 0.717) is 23.8 Å². The van der Waals surface area contributed by atoms with E-state index in [0.717, 1.165) is 25.7 Å². The van der Waals surface area contributed by atoms with E-state index < -0.39 is 23.6 Å². The maximum absolute atomic E-state index is 12.3. The van der Waals surface area contributed by atoms with Gasteiger partial charge in [-0.15, -0.1) is 24.0 Å². The number of guanidine groups is 1. The minimum absolute atomic E-state index is 0. The molecule has 3 unspecified atom stereocenters. The molecule has 1 aromatic rings. The summed E-state index contributed by atoms with van der Waals surface area (Å²) in [6, 6.07) is 3.35. The van der Waals surface area contributed by atoms with Crippen molar-refractivity contribution in [3.63, 3.8) is 0 Å². The number of hydrogen-bond donors (Lipinski definition) is 2. The van der Waals surface area contributed by atoms with Gasteiger partial charge >= 0.3 is 6.18 Å². The Labute approximate surface area is 195 Å². The van der Waals surface area contributed by atoms with Gasteiger partial charge in [0.05, 0.1) is 6.54 Å². The van der Waals surface area contributed by atoms with E-state index in [1.807, 2.05) is 13.8 Å². The van der Waals surface area contributed by atoms with E-state index in [9.17, 15) is 17.4 Å². The van der Waals surface area contributed by atoms with Crippen LogP contribution in [0.5, 0.6) is 5.88 Å². The summed E-state index contributed by atoms with van der Waals surface area (Å²) in [6.45, 7) is 3.48. The van der Waals surface area contributed by atoms with E-state index in [2.05, 4.69) is 25.3 Å². The van der Waals surface area contributed by atoms with Crippen molar-refractivity contribution in [3.8, 4) is 5.88 Å². The van der Waals surface area contributed by atoms with Crippen molar-refractivity contribution in [3.05, 3.63) is 23.9 Å².